The summed E-state index contributed by atoms with van der Waals surface area (Å²) < 4.78 is 0. The van der Waals surface area contributed by atoms with Crippen molar-refractivity contribution in [2.24, 2.45) is 0 Å². The largest absolute Gasteiger partial charge is 0.481 e. The highest BCUT2D eigenvalue weighted by Gasteiger charge is 2.20. The minimum atomic E-state index is -1.17. The molecule has 0 saturated carbocycles. The van der Waals surface area contributed by atoms with Gasteiger partial charge in [0, 0.05) is 19.6 Å². The van der Waals surface area contributed by atoms with Gasteiger partial charge in [0.2, 0.25) is 0 Å². The summed E-state index contributed by atoms with van der Waals surface area (Å²) in [6.45, 7) is 2.41. The van der Waals surface area contributed by atoms with Crippen molar-refractivity contribution in [3.63, 3.8) is 0 Å². The summed E-state index contributed by atoms with van der Waals surface area (Å²) in [6, 6.07) is -1.83. The van der Waals surface area contributed by atoms with Gasteiger partial charge in [-0.15, -0.1) is 0 Å². The predicted octanol–water partition coefficient (Wildman–Crippen LogP) is 1.36. The van der Waals surface area contributed by atoms with Crippen LogP contribution in [0.1, 0.15) is 77.0 Å². The minimum Gasteiger partial charge on any atom is -0.481 e. The quantitative estimate of drug-likeness (QED) is 0.0589. The van der Waals surface area contributed by atoms with Crippen molar-refractivity contribution in [2.45, 2.75) is 89.1 Å². The molecule has 0 bridgehead atoms. The Balaban J connectivity index is 3.73. The van der Waals surface area contributed by atoms with Crippen LogP contribution in [0.25, 0.3) is 0 Å². The maximum atomic E-state index is 11.4. The van der Waals surface area contributed by atoms with E-state index in [1.165, 1.54) is 25.7 Å². The van der Waals surface area contributed by atoms with Gasteiger partial charge in [0.25, 0.3) is 0 Å². The first-order valence-electron chi connectivity index (χ1n) is 11.6. The normalized spacial score (nSPS) is 13.0. The lowest BCUT2D eigenvalue weighted by molar-refractivity contribution is -0.141. The highest BCUT2D eigenvalue weighted by molar-refractivity contribution is 5.75. The second kappa shape index (κ2) is 21.1. The highest BCUT2D eigenvalue weighted by Crippen LogP contribution is 2.06. The van der Waals surface area contributed by atoms with Crippen molar-refractivity contribution >= 4 is 17.9 Å². The second-order valence-electron chi connectivity index (χ2n) is 7.93. The molecule has 32 heavy (non-hydrogen) atoms. The predicted molar refractivity (Wildman–Crippen MR) is 120 cm³/mol. The number of hydroxylamine groups is 1. The molecule has 11 nitrogen and oxygen atoms in total. The Morgan fingerprint density at radius 3 is 1.59 bits per heavy atom. The number of unbranched alkanes of at least 4 members (excludes halogenated alkanes) is 7. The number of nitrogens with one attached hydrogen (secondary N) is 4. The first-order valence-corrected chi connectivity index (χ1v) is 11.6. The van der Waals surface area contributed by atoms with Crippen LogP contribution in [-0.4, -0.2) is 76.8 Å². The Morgan fingerprint density at radius 2 is 1.09 bits per heavy atom. The molecule has 188 valence electrons. The molecule has 0 aromatic heterocycles. The van der Waals surface area contributed by atoms with E-state index in [2.05, 4.69) is 21.4 Å². The van der Waals surface area contributed by atoms with Gasteiger partial charge in [0.15, 0.2) is 0 Å². The molecule has 0 saturated heterocycles. The first-order chi connectivity index (χ1) is 15.4. The van der Waals surface area contributed by atoms with Crippen LogP contribution in [0.15, 0.2) is 0 Å². The fraction of sp³-hybridized carbons (Fsp3) is 0.857. The third-order valence-corrected chi connectivity index (χ3v) is 5.18. The van der Waals surface area contributed by atoms with Crippen LogP contribution < -0.4 is 21.4 Å². The molecule has 0 heterocycles. The van der Waals surface area contributed by atoms with E-state index in [9.17, 15) is 19.5 Å². The molecule has 0 aliphatic heterocycles. The van der Waals surface area contributed by atoms with Crippen molar-refractivity contribution in [1.82, 2.24) is 21.4 Å². The molecule has 0 rings (SSSR count). The van der Waals surface area contributed by atoms with Gasteiger partial charge in [-0.3, -0.25) is 25.0 Å². The van der Waals surface area contributed by atoms with Crippen LogP contribution in [0, 0.1) is 0 Å². The van der Waals surface area contributed by atoms with Crippen LogP contribution in [0.2, 0.25) is 0 Å². The van der Waals surface area contributed by atoms with E-state index in [-0.39, 0.29) is 19.5 Å². The van der Waals surface area contributed by atoms with E-state index in [0.29, 0.717) is 13.0 Å². The molecular formula is C21H42N4O7. The van der Waals surface area contributed by atoms with E-state index < -0.39 is 30.0 Å². The molecular weight excluding hydrogens is 420 g/mol. The Labute approximate surface area is 190 Å². The first kappa shape index (κ1) is 30.2. The van der Waals surface area contributed by atoms with Gasteiger partial charge in [-0.05, 0) is 45.2 Å². The summed E-state index contributed by atoms with van der Waals surface area (Å²) in [5.41, 5.74) is 2.16. The summed E-state index contributed by atoms with van der Waals surface area (Å²) in [5, 5.41) is 44.3. The van der Waals surface area contributed by atoms with Gasteiger partial charge < -0.3 is 25.8 Å². The van der Waals surface area contributed by atoms with Gasteiger partial charge >= 0.3 is 17.9 Å². The van der Waals surface area contributed by atoms with Crippen molar-refractivity contribution in [3.05, 3.63) is 0 Å². The Morgan fingerprint density at radius 1 is 0.625 bits per heavy atom. The average molecular weight is 463 g/mol. The SMILES string of the molecule is O=C(O)CCC(NCNC(CCCCNCCCCCCCCCNO)C(=O)O)C(=O)O. The van der Waals surface area contributed by atoms with Crippen LogP contribution in [0.3, 0.4) is 0 Å². The molecule has 0 amide bonds. The highest BCUT2D eigenvalue weighted by atomic mass is 16.5. The number of carboxylic acid groups (broad SMARTS) is 3. The molecule has 2 atom stereocenters. The third kappa shape index (κ3) is 18.9. The summed E-state index contributed by atoms with van der Waals surface area (Å²) in [7, 11) is 0. The molecule has 0 aromatic carbocycles. The van der Waals surface area contributed by atoms with Crippen LogP contribution in [0.4, 0.5) is 0 Å². The molecule has 0 spiro atoms. The number of carbonyl (C=O) groups is 3. The Kier molecular flexibility index (Phi) is 19.9. The molecule has 2 unspecified atom stereocenters. The maximum absolute atomic E-state index is 11.4. The van der Waals surface area contributed by atoms with E-state index >= 15 is 0 Å². The second-order valence-corrected chi connectivity index (χ2v) is 7.93. The van der Waals surface area contributed by atoms with Gasteiger partial charge in [-0.25, -0.2) is 5.48 Å². The Hall–Kier alpha value is -1.79. The van der Waals surface area contributed by atoms with Gasteiger partial charge in [0.05, 0.1) is 0 Å². The van der Waals surface area contributed by atoms with Crippen molar-refractivity contribution < 1.29 is 34.9 Å². The van der Waals surface area contributed by atoms with Crippen molar-refractivity contribution in [1.29, 1.82) is 0 Å². The molecule has 0 aliphatic carbocycles. The smallest absolute Gasteiger partial charge is 0.320 e. The topological polar surface area (TPSA) is 180 Å². The summed E-state index contributed by atoms with van der Waals surface area (Å²) in [6.07, 6.45) is 9.74. The standard InChI is InChI=1S/C21H42N4O7/c26-19(27)12-11-18(21(30)31)24-16-23-17(20(28)29)10-6-9-14-22-13-7-4-2-1-3-5-8-15-25-32/h17-18,22-25,32H,1-16H2,(H,26,27)(H,28,29)(H,30,31). The average Bonchev–Trinajstić information content (AvgIpc) is 2.74. The van der Waals surface area contributed by atoms with E-state index in [4.69, 9.17) is 15.4 Å². The molecule has 11 heteroatoms. The zero-order valence-corrected chi connectivity index (χ0v) is 19.0. The molecule has 8 N–H and O–H groups in total. The molecule has 0 radical (unpaired) electrons. The molecule has 0 aromatic rings. The number of hydrogen-bond donors (Lipinski definition) is 8. The lowest BCUT2D eigenvalue weighted by atomic mass is 10.1. The van der Waals surface area contributed by atoms with Gasteiger partial charge in [0.1, 0.15) is 12.1 Å². The number of aliphatic carboxylic acids is 3. The number of hydrogen-bond acceptors (Lipinski definition) is 8. The zero-order chi connectivity index (χ0) is 24.0. The lowest BCUT2D eigenvalue weighted by Crippen LogP contribution is -2.47. The fourth-order valence-electron chi connectivity index (χ4n) is 3.26. The van der Waals surface area contributed by atoms with E-state index in [1.54, 1.807) is 0 Å². The monoisotopic (exact) mass is 462 g/mol. The third-order valence-electron chi connectivity index (χ3n) is 5.18. The maximum Gasteiger partial charge on any atom is 0.320 e. The number of rotatable bonds is 24. The fourth-order valence-corrected chi connectivity index (χ4v) is 3.26. The number of carboxylic acids is 3. The minimum absolute atomic E-state index is 0.0237. The Bertz CT molecular complexity index is 509. The van der Waals surface area contributed by atoms with Gasteiger partial charge in [-0.2, -0.15) is 0 Å². The van der Waals surface area contributed by atoms with Gasteiger partial charge in [-0.1, -0.05) is 38.5 Å². The van der Waals surface area contributed by atoms with Crippen molar-refractivity contribution in [3.8, 4) is 0 Å². The van der Waals surface area contributed by atoms with Crippen LogP contribution >= 0.6 is 0 Å². The van der Waals surface area contributed by atoms with E-state index in [0.717, 1.165) is 45.2 Å². The molecule has 0 fully saturated rings. The van der Waals surface area contributed by atoms with Crippen molar-refractivity contribution in [2.75, 3.05) is 26.3 Å². The summed E-state index contributed by atoms with van der Waals surface area (Å²) in [4.78, 5) is 33.1. The summed E-state index contributed by atoms with van der Waals surface area (Å²) >= 11 is 0. The zero-order valence-electron chi connectivity index (χ0n) is 19.0. The summed E-state index contributed by atoms with van der Waals surface area (Å²) in [5.74, 6) is -3.24. The molecule has 0 aliphatic rings. The van der Waals surface area contributed by atoms with E-state index in [1.807, 2.05) is 0 Å². The van der Waals surface area contributed by atoms with Crippen LogP contribution in [0.5, 0.6) is 0 Å². The lowest BCUT2D eigenvalue weighted by Gasteiger charge is -2.18. The van der Waals surface area contributed by atoms with Crippen LogP contribution in [-0.2, 0) is 14.4 Å².